The van der Waals surface area contributed by atoms with Crippen LogP contribution in [0.25, 0.3) is 0 Å². The minimum Gasteiger partial charge on any atom is -0.311 e. The van der Waals surface area contributed by atoms with Crippen LogP contribution in [-0.2, 0) is 0 Å². The molecule has 0 unspecified atom stereocenters. The molecule has 0 atom stereocenters. The lowest BCUT2D eigenvalue weighted by atomic mass is 10.2. The number of hydrogen-bond donors (Lipinski definition) is 1. The summed E-state index contributed by atoms with van der Waals surface area (Å²) in [6, 6.07) is 0.563. The van der Waals surface area contributed by atoms with E-state index in [1.165, 1.54) is 5.57 Å². The summed E-state index contributed by atoms with van der Waals surface area (Å²) < 4.78 is 0. The fraction of sp³-hybridized carbons (Fsp3) is 0.556. The van der Waals surface area contributed by atoms with Gasteiger partial charge in [0.15, 0.2) is 0 Å². The van der Waals surface area contributed by atoms with Gasteiger partial charge in [0.1, 0.15) is 0 Å². The van der Waals surface area contributed by atoms with E-state index in [1.54, 1.807) is 0 Å². The minimum atomic E-state index is 0.563. The van der Waals surface area contributed by atoms with E-state index in [4.69, 9.17) is 0 Å². The zero-order valence-corrected chi connectivity index (χ0v) is 7.15. The Balaban J connectivity index is 3.48. The molecule has 0 aliphatic carbocycles. The highest BCUT2D eigenvalue weighted by Gasteiger charge is 1.90. The van der Waals surface area contributed by atoms with E-state index in [-0.39, 0.29) is 0 Å². The van der Waals surface area contributed by atoms with Crippen LogP contribution in [-0.4, -0.2) is 12.6 Å². The number of nitrogens with one attached hydrogen (secondary N) is 1. The molecule has 0 aromatic heterocycles. The van der Waals surface area contributed by atoms with E-state index in [0.717, 1.165) is 6.54 Å². The molecule has 0 saturated heterocycles. The summed E-state index contributed by atoms with van der Waals surface area (Å²) in [7, 11) is 0. The Kier molecular flexibility index (Phi) is 4.95. The van der Waals surface area contributed by atoms with Crippen LogP contribution in [0, 0.1) is 0 Å². The molecule has 1 nitrogen and oxygen atoms in total. The van der Waals surface area contributed by atoms with Gasteiger partial charge in [-0.3, -0.25) is 0 Å². The van der Waals surface area contributed by atoms with Gasteiger partial charge in [-0.1, -0.05) is 38.2 Å². The van der Waals surface area contributed by atoms with Crippen LogP contribution in [0.5, 0.6) is 0 Å². The molecule has 0 radical (unpaired) electrons. The van der Waals surface area contributed by atoms with Crippen LogP contribution in [0.2, 0.25) is 0 Å². The molecule has 1 heteroatoms. The first-order valence-corrected chi connectivity index (χ1v) is 3.68. The van der Waals surface area contributed by atoms with Crippen LogP contribution in [0.15, 0.2) is 24.3 Å². The molecular weight excluding hydrogens is 122 g/mol. The number of allylic oxidation sites excluding steroid dienone is 2. The average molecular weight is 139 g/mol. The SMILES string of the molecule is C=C/C=C(\C)CNC(C)C. The lowest BCUT2D eigenvalue weighted by molar-refractivity contribution is 0.621. The maximum absolute atomic E-state index is 3.62. The second kappa shape index (κ2) is 5.24. The fourth-order valence-corrected chi connectivity index (χ4v) is 0.625. The summed E-state index contributed by atoms with van der Waals surface area (Å²) in [5, 5.41) is 3.31. The second-order valence-corrected chi connectivity index (χ2v) is 2.78. The van der Waals surface area contributed by atoms with Crippen molar-refractivity contribution in [3.8, 4) is 0 Å². The van der Waals surface area contributed by atoms with Crippen molar-refractivity contribution in [1.29, 1.82) is 0 Å². The third kappa shape index (κ3) is 5.57. The molecule has 58 valence electrons. The largest absolute Gasteiger partial charge is 0.311 e. The Morgan fingerprint density at radius 2 is 2.20 bits per heavy atom. The van der Waals surface area contributed by atoms with Gasteiger partial charge in [0, 0.05) is 12.6 Å². The molecule has 0 rings (SSSR count). The highest BCUT2D eigenvalue weighted by Crippen LogP contribution is 1.90. The van der Waals surface area contributed by atoms with Crippen LogP contribution in [0.1, 0.15) is 20.8 Å². The van der Waals surface area contributed by atoms with E-state index in [2.05, 4.69) is 32.7 Å². The summed E-state index contributed by atoms with van der Waals surface area (Å²) in [6.45, 7) is 11.0. The van der Waals surface area contributed by atoms with Crippen molar-refractivity contribution in [2.75, 3.05) is 6.54 Å². The van der Waals surface area contributed by atoms with E-state index >= 15 is 0 Å². The van der Waals surface area contributed by atoms with E-state index in [1.807, 2.05) is 12.2 Å². The monoisotopic (exact) mass is 139 g/mol. The fourth-order valence-electron chi connectivity index (χ4n) is 0.625. The maximum atomic E-state index is 3.62. The zero-order valence-electron chi connectivity index (χ0n) is 7.15. The van der Waals surface area contributed by atoms with Gasteiger partial charge >= 0.3 is 0 Å². The maximum Gasteiger partial charge on any atom is 0.0167 e. The van der Waals surface area contributed by atoms with Crippen molar-refractivity contribution < 1.29 is 0 Å². The molecule has 0 heterocycles. The highest BCUT2D eigenvalue weighted by atomic mass is 14.9. The Bertz CT molecular complexity index is 123. The molecule has 0 saturated carbocycles. The van der Waals surface area contributed by atoms with Gasteiger partial charge in [-0.2, -0.15) is 0 Å². The van der Waals surface area contributed by atoms with Gasteiger partial charge in [-0.25, -0.2) is 0 Å². The summed E-state index contributed by atoms with van der Waals surface area (Å²) >= 11 is 0. The summed E-state index contributed by atoms with van der Waals surface area (Å²) in [5.74, 6) is 0. The predicted molar refractivity (Wildman–Crippen MR) is 47.1 cm³/mol. The van der Waals surface area contributed by atoms with Crippen molar-refractivity contribution in [3.63, 3.8) is 0 Å². The summed E-state index contributed by atoms with van der Waals surface area (Å²) in [6.07, 6.45) is 3.84. The molecule has 0 amide bonds. The quantitative estimate of drug-likeness (QED) is 0.588. The number of hydrogen-bond acceptors (Lipinski definition) is 1. The Labute approximate surface area is 63.8 Å². The molecule has 0 fully saturated rings. The normalized spacial score (nSPS) is 12.2. The topological polar surface area (TPSA) is 12.0 Å². The first-order valence-electron chi connectivity index (χ1n) is 3.68. The summed E-state index contributed by atoms with van der Waals surface area (Å²) in [5.41, 5.74) is 1.32. The van der Waals surface area contributed by atoms with Crippen molar-refractivity contribution in [3.05, 3.63) is 24.3 Å². The van der Waals surface area contributed by atoms with Crippen molar-refractivity contribution in [1.82, 2.24) is 5.32 Å². The Morgan fingerprint density at radius 3 is 2.60 bits per heavy atom. The molecule has 0 aromatic carbocycles. The highest BCUT2D eigenvalue weighted by molar-refractivity contribution is 5.08. The van der Waals surface area contributed by atoms with Crippen LogP contribution in [0.4, 0.5) is 0 Å². The first-order chi connectivity index (χ1) is 4.66. The molecule has 0 spiro atoms. The van der Waals surface area contributed by atoms with E-state index in [9.17, 15) is 0 Å². The zero-order chi connectivity index (χ0) is 7.98. The van der Waals surface area contributed by atoms with Crippen LogP contribution in [0.3, 0.4) is 0 Å². The minimum absolute atomic E-state index is 0.563. The van der Waals surface area contributed by atoms with Crippen molar-refractivity contribution in [2.45, 2.75) is 26.8 Å². The van der Waals surface area contributed by atoms with Gasteiger partial charge in [-0.05, 0) is 6.92 Å². The summed E-state index contributed by atoms with van der Waals surface area (Å²) in [4.78, 5) is 0. The third-order valence-electron chi connectivity index (χ3n) is 1.19. The standard InChI is InChI=1S/C9H17N/c1-5-6-9(4)7-10-8(2)3/h5-6,8,10H,1,7H2,2-4H3/b9-6+. The predicted octanol–water partition coefficient (Wildman–Crippen LogP) is 2.12. The van der Waals surface area contributed by atoms with E-state index in [0.29, 0.717) is 6.04 Å². The molecule has 0 aromatic rings. The van der Waals surface area contributed by atoms with Gasteiger partial charge in [-0.15, -0.1) is 0 Å². The third-order valence-corrected chi connectivity index (χ3v) is 1.19. The van der Waals surface area contributed by atoms with Gasteiger partial charge in [0.05, 0.1) is 0 Å². The van der Waals surface area contributed by atoms with E-state index < -0.39 is 0 Å². The van der Waals surface area contributed by atoms with Gasteiger partial charge < -0.3 is 5.32 Å². The van der Waals surface area contributed by atoms with Crippen molar-refractivity contribution >= 4 is 0 Å². The molecule has 0 aliphatic rings. The molecule has 1 N–H and O–H groups in total. The lowest BCUT2D eigenvalue weighted by Gasteiger charge is -2.06. The number of rotatable bonds is 4. The van der Waals surface area contributed by atoms with Crippen LogP contribution < -0.4 is 5.32 Å². The van der Waals surface area contributed by atoms with Crippen molar-refractivity contribution in [2.24, 2.45) is 0 Å². The van der Waals surface area contributed by atoms with Gasteiger partial charge in [0.2, 0.25) is 0 Å². The lowest BCUT2D eigenvalue weighted by Crippen LogP contribution is -2.24. The molecule has 10 heavy (non-hydrogen) atoms. The van der Waals surface area contributed by atoms with Crippen LogP contribution >= 0.6 is 0 Å². The second-order valence-electron chi connectivity index (χ2n) is 2.78. The first kappa shape index (κ1) is 9.44. The molecule has 0 bridgehead atoms. The smallest absolute Gasteiger partial charge is 0.0167 e. The Morgan fingerprint density at radius 1 is 1.60 bits per heavy atom. The molecular formula is C9H17N. The van der Waals surface area contributed by atoms with Gasteiger partial charge in [0.25, 0.3) is 0 Å². The average Bonchev–Trinajstić information content (AvgIpc) is 1.85. The molecule has 0 aliphatic heterocycles. The Hall–Kier alpha value is -0.560.